The van der Waals surface area contributed by atoms with Crippen LogP contribution in [0, 0.1) is 5.82 Å². The minimum Gasteiger partial charge on any atom is -0.311 e. The van der Waals surface area contributed by atoms with Gasteiger partial charge in [-0.25, -0.2) is 4.39 Å². The van der Waals surface area contributed by atoms with Gasteiger partial charge in [0.1, 0.15) is 5.82 Å². The molecule has 0 radical (unpaired) electrons. The molecule has 1 heterocycles. The van der Waals surface area contributed by atoms with E-state index >= 15 is 4.39 Å². The molecule has 0 amide bonds. The molecule has 4 heteroatoms. The first-order valence-corrected chi connectivity index (χ1v) is 17.1. The summed E-state index contributed by atoms with van der Waals surface area (Å²) in [7, 11) is 0. The molecule has 0 spiro atoms. The summed E-state index contributed by atoms with van der Waals surface area (Å²) in [5, 5.41) is 2.29. The van der Waals surface area contributed by atoms with E-state index in [1.807, 2.05) is 35.2 Å². The van der Waals surface area contributed by atoms with Crippen LogP contribution in [0.25, 0.3) is 27.5 Å². The second kappa shape index (κ2) is 12.7. The summed E-state index contributed by atoms with van der Waals surface area (Å²) in [5.74, 6) is -0.284. The van der Waals surface area contributed by atoms with Crippen molar-refractivity contribution in [2.75, 3.05) is 9.80 Å². The molecule has 0 aliphatic carbocycles. The number of halogens is 1. The van der Waals surface area contributed by atoms with Gasteiger partial charge in [0.2, 0.25) is 0 Å². The minimum absolute atomic E-state index is 0.0126. The average molecular weight is 652 g/mol. The number of nitrogens with zero attached hydrogens (tertiary/aromatic N) is 3. The SMILES string of the molecule is CC(C)(C)c1ccc2c(c1)c1cc(N(c3ccc(N(c4ccccc4)c4ccccc4)cc3)c3ccccc3F)ccc1n2-c1ccccc1. The average Bonchev–Trinajstić information content (AvgIpc) is 3.47. The number of aromatic nitrogens is 1. The summed E-state index contributed by atoms with van der Waals surface area (Å²) in [5.41, 5.74) is 9.97. The van der Waals surface area contributed by atoms with Gasteiger partial charge in [0.05, 0.1) is 16.7 Å². The van der Waals surface area contributed by atoms with E-state index in [4.69, 9.17) is 0 Å². The van der Waals surface area contributed by atoms with Crippen molar-refractivity contribution < 1.29 is 4.39 Å². The van der Waals surface area contributed by atoms with Crippen molar-refractivity contribution in [3.63, 3.8) is 0 Å². The van der Waals surface area contributed by atoms with E-state index in [0.29, 0.717) is 5.69 Å². The summed E-state index contributed by atoms with van der Waals surface area (Å²) in [6, 6.07) is 59.8. The maximum atomic E-state index is 15.8. The van der Waals surface area contributed by atoms with Crippen molar-refractivity contribution in [1.29, 1.82) is 0 Å². The van der Waals surface area contributed by atoms with Crippen LogP contribution in [0.3, 0.4) is 0 Å². The van der Waals surface area contributed by atoms with Crippen molar-refractivity contribution in [2.45, 2.75) is 26.2 Å². The first-order chi connectivity index (χ1) is 24.4. The summed E-state index contributed by atoms with van der Waals surface area (Å²) in [6.07, 6.45) is 0. The fourth-order valence-electron chi connectivity index (χ4n) is 6.88. The van der Waals surface area contributed by atoms with Crippen LogP contribution in [0.4, 0.5) is 38.5 Å². The highest BCUT2D eigenvalue weighted by atomic mass is 19.1. The van der Waals surface area contributed by atoms with Crippen LogP contribution in [0.1, 0.15) is 26.3 Å². The topological polar surface area (TPSA) is 11.4 Å². The lowest BCUT2D eigenvalue weighted by Gasteiger charge is -2.28. The van der Waals surface area contributed by atoms with E-state index < -0.39 is 0 Å². The van der Waals surface area contributed by atoms with Crippen LogP contribution in [-0.2, 0) is 5.41 Å². The standard InChI is InChI=1S/C46H38FN3/c1-46(2,3)33-23-29-43-40(31-33)41-32-39(28-30-44(41)50(43)36-19-11-6-12-20-36)49(45-22-14-13-21-42(45)47)38-26-24-37(25-27-38)48(34-15-7-4-8-16-34)35-17-9-5-10-18-35/h4-32H,1-3H3. The molecule has 1 aromatic heterocycles. The van der Waals surface area contributed by atoms with Crippen LogP contribution < -0.4 is 9.80 Å². The number of hydrogen-bond acceptors (Lipinski definition) is 2. The van der Waals surface area contributed by atoms with E-state index in [1.165, 1.54) is 17.0 Å². The summed E-state index contributed by atoms with van der Waals surface area (Å²) in [6.45, 7) is 6.74. The van der Waals surface area contributed by atoms with Gasteiger partial charge in [0, 0.05) is 44.9 Å². The number of para-hydroxylation sites is 4. The molecule has 0 saturated heterocycles. The van der Waals surface area contributed by atoms with Crippen molar-refractivity contribution in [3.05, 3.63) is 187 Å². The van der Waals surface area contributed by atoms with Gasteiger partial charge in [0.25, 0.3) is 0 Å². The molecule has 0 atom stereocenters. The van der Waals surface area contributed by atoms with Crippen LogP contribution >= 0.6 is 0 Å². The van der Waals surface area contributed by atoms with Crippen LogP contribution in [0.2, 0.25) is 0 Å². The van der Waals surface area contributed by atoms with Crippen molar-refractivity contribution in [2.24, 2.45) is 0 Å². The lowest BCUT2D eigenvalue weighted by Crippen LogP contribution is -2.13. The molecule has 3 nitrogen and oxygen atoms in total. The number of anilines is 6. The fourth-order valence-corrected chi connectivity index (χ4v) is 6.88. The Bertz CT molecular complexity index is 2370. The third kappa shape index (κ3) is 5.69. The molecule has 0 aliphatic heterocycles. The molecule has 8 aromatic rings. The third-order valence-electron chi connectivity index (χ3n) is 9.38. The van der Waals surface area contributed by atoms with Crippen LogP contribution in [-0.4, -0.2) is 4.57 Å². The Hall–Kier alpha value is -6.13. The van der Waals surface area contributed by atoms with E-state index in [9.17, 15) is 0 Å². The quantitative estimate of drug-likeness (QED) is 0.170. The van der Waals surface area contributed by atoms with Crippen molar-refractivity contribution >= 4 is 55.9 Å². The highest BCUT2D eigenvalue weighted by Gasteiger charge is 2.22. The highest BCUT2D eigenvalue weighted by Crippen LogP contribution is 2.43. The van der Waals surface area contributed by atoms with E-state index in [2.05, 4.69) is 164 Å². The normalized spacial score (nSPS) is 11.6. The predicted molar refractivity (Wildman–Crippen MR) is 209 cm³/mol. The van der Waals surface area contributed by atoms with Crippen LogP contribution in [0.5, 0.6) is 0 Å². The van der Waals surface area contributed by atoms with Gasteiger partial charge in [-0.2, -0.15) is 0 Å². The lowest BCUT2D eigenvalue weighted by molar-refractivity contribution is 0.591. The number of hydrogen-bond donors (Lipinski definition) is 0. The molecular weight excluding hydrogens is 614 g/mol. The van der Waals surface area contributed by atoms with E-state index in [-0.39, 0.29) is 11.2 Å². The molecule has 0 aliphatic rings. The van der Waals surface area contributed by atoms with Gasteiger partial charge in [-0.1, -0.05) is 93.6 Å². The smallest absolute Gasteiger partial charge is 0.147 e. The molecule has 8 rings (SSSR count). The first kappa shape index (κ1) is 31.2. The molecular formula is C46H38FN3. The molecule has 244 valence electrons. The molecule has 0 unspecified atom stereocenters. The predicted octanol–water partition coefficient (Wildman–Crippen LogP) is 13.2. The zero-order chi connectivity index (χ0) is 34.2. The minimum atomic E-state index is -0.284. The largest absolute Gasteiger partial charge is 0.311 e. The van der Waals surface area contributed by atoms with Gasteiger partial charge in [-0.15, -0.1) is 0 Å². The van der Waals surface area contributed by atoms with Gasteiger partial charge >= 0.3 is 0 Å². The third-order valence-corrected chi connectivity index (χ3v) is 9.38. The van der Waals surface area contributed by atoms with Gasteiger partial charge in [-0.3, -0.25) is 0 Å². The highest BCUT2D eigenvalue weighted by molar-refractivity contribution is 6.11. The fraction of sp³-hybridized carbons (Fsp3) is 0.0870. The lowest BCUT2D eigenvalue weighted by atomic mass is 9.86. The maximum absolute atomic E-state index is 15.8. The second-order valence-electron chi connectivity index (χ2n) is 13.7. The zero-order valence-electron chi connectivity index (χ0n) is 28.5. The first-order valence-electron chi connectivity index (χ1n) is 17.1. The maximum Gasteiger partial charge on any atom is 0.147 e. The summed E-state index contributed by atoms with van der Waals surface area (Å²) in [4.78, 5) is 4.25. The number of benzene rings is 7. The van der Waals surface area contributed by atoms with Gasteiger partial charge < -0.3 is 14.4 Å². The zero-order valence-corrected chi connectivity index (χ0v) is 28.5. The Labute approximate surface area is 293 Å². The second-order valence-corrected chi connectivity index (χ2v) is 13.7. The van der Waals surface area contributed by atoms with E-state index in [0.717, 1.165) is 50.5 Å². The summed E-state index contributed by atoms with van der Waals surface area (Å²) < 4.78 is 18.1. The monoisotopic (exact) mass is 651 g/mol. The van der Waals surface area contributed by atoms with Gasteiger partial charge in [-0.05, 0) is 114 Å². The van der Waals surface area contributed by atoms with E-state index in [1.54, 1.807) is 6.07 Å². The Kier molecular flexibility index (Phi) is 7.93. The summed E-state index contributed by atoms with van der Waals surface area (Å²) >= 11 is 0. The number of rotatable bonds is 7. The Morgan fingerprint density at radius 2 is 0.900 bits per heavy atom. The molecule has 7 aromatic carbocycles. The molecule has 0 N–H and O–H groups in total. The van der Waals surface area contributed by atoms with Gasteiger partial charge in [0.15, 0.2) is 0 Å². The molecule has 0 bridgehead atoms. The Morgan fingerprint density at radius 3 is 1.48 bits per heavy atom. The Balaban J connectivity index is 1.31. The van der Waals surface area contributed by atoms with Crippen LogP contribution in [0.15, 0.2) is 176 Å². The molecule has 0 saturated carbocycles. The molecule has 0 fully saturated rings. The van der Waals surface area contributed by atoms with Crippen molar-refractivity contribution in [1.82, 2.24) is 4.57 Å². The number of fused-ring (bicyclic) bond motifs is 3. The molecule has 50 heavy (non-hydrogen) atoms. The van der Waals surface area contributed by atoms with Crippen molar-refractivity contribution in [3.8, 4) is 5.69 Å². The Morgan fingerprint density at radius 1 is 0.440 bits per heavy atom.